The summed E-state index contributed by atoms with van der Waals surface area (Å²) >= 11 is 0. The quantitative estimate of drug-likeness (QED) is 0.828. The van der Waals surface area contributed by atoms with E-state index in [0.717, 1.165) is 36.2 Å². The van der Waals surface area contributed by atoms with Crippen LogP contribution in [-0.2, 0) is 11.3 Å². The fourth-order valence-corrected chi connectivity index (χ4v) is 2.32. The Morgan fingerprint density at radius 1 is 1.38 bits per heavy atom. The molecule has 0 aliphatic heterocycles. The minimum Gasteiger partial charge on any atom is -0.462 e. The third-order valence-corrected chi connectivity index (χ3v) is 3.30. The third kappa shape index (κ3) is 2.84. The predicted molar refractivity (Wildman–Crippen MR) is 82.7 cm³/mol. The maximum Gasteiger partial charge on any atom is 0.342 e. The lowest BCUT2D eigenvalue weighted by molar-refractivity contribution is 0.0526. The minimum atomic E-state index is -0.341. The SMILES string of the molecule is CCCNc1c(C(=O)OCC)c(C)nc2c1cnn2CC. The smallest absolute Gasteiger partial charge is 0.342 e. The van der Waals surface area contributed by atoms with Crippen LogP contribution in [0.3, 0.4) is 0 Å². The maximum absolute atomic E-state index is 12.2. The number of nitrogens with one attached hydrogen (secondary N) is 1. The van der Waals surface area contributed by atoms with Gasteiger partial charge in [-0.1, -0.05) is 6.92 Å². The summed E-state index contributed by atoms with van der Waals surface area (Å²) in [6.07, 6.45) is 2.72. The average Bonchev–Trinajstić information content (AvgIpc) is 2.87. The number of hydrogen-bond donors (Lipinski definition) is 1. The van der Waals surface area contributed by atoms with E-state index in [2.05, 4.69) is 22.3 Å². The summed E-state index contributed by atoms with van der Waals surface area (Å²) in [6.45, 7) is 9.59. The van der Waals surface area contributed by atoms with Crippen molar-refractivity contribution in [3.8, 4) is 0 Å². The Labute approximate surface area is 124 Å². The van der Waals surface area contributed by atoms with E-state index < -0.39 is 0 Å². The molecule has 0 aliphatic rings. The molecule has 0 saturated carbocycles. The van der Waals surface area contributed by atoms with Crippen LogP contribution >= 0.6 is 0 Å². The largest absolute Gasteiger partial charge is 0.462 e. The van der Waals surface area contributed by atoms with E-state index >= 15 is 0 Å². The molecule has 1 N–H and O–H groups in total. The number of nitrogens with zero attached hydrogens (tertiary/aromatic N) is 3. The summed E-state index contributed by atoms with van der Waals surface area (Å²) in [6, 6.07) is 0. The average molecular weight is 290 g/mol. The third-order valence-electron chi connectivity index (χ3n) is 3.30. The van der Waals surface area contributed by atoms with Crippen LogP contribution in [0.1, 0.15) is 43.2 Å². The van der Waals surface area contributed by atoms with Gasteiger partial charge in [-0.15, -0.1) is 0 Å². The van der Waals surface area contributed by atoms with Gasteiger partial charge >= 0.3 is 5.97 Å². The maximum atomic E-state index is 12.2. The van der Waals surface area contributed by atoms with Crippen LogP contribution in [0.15, 0.2) is 6.20 Å². The fraction of sp³-hybridized carbons (Fsp3) is 0.533. The van der Waals surface area contributed by atoms with Gasteiger partial charge in [0, 0.05) is 13.1 Å². The van der Waals surface area contributed by atoms with Crippen molar-refractivity contribution in [3.05, 3.63) is 17.5 Å². The summed E-state index contributed by atoms with van der Waals surface area (Å²) < 4.78 is 6.99. The Hall–Kier alpha value is -2.11. The van der Waals surface area contributed by atoms with Gasteiger partial charge in [0.15, 0.2) is 5.65 Å². The molecule has 0 radical (unpaired) electrons. The molecule has 2 rings (SSSR count). The van der Waals surface area contributed by atoms with Crippen LogP contribution in [0.25, 0.3) is 11.0 Å². The molecule has 21 heavy (non-hydrogen) atoms. The monoisotopic (exact) mass is 290 g/mol. The highest BCUT2D eigenvalue weighted by Gasteiger charge is 2.21. The second-order valence-corrected chi connectivity index (χ2v) is 4.79. The van der Waals surface area contributed by atoms with Crippen molar-refractivity contribution in [1.82, 2.24) is 14.8 Å². The molecule has 0 atom stereocenters. The van der Waals surface area contributed by atoms with Crippen molar-refractivity contribution < 1.29 is 9.53 Å². The molecule has 2 heterocycles. The summed E-state index contributed by atoms with van der Waals surface area (Å²) in [5.41, 5.74) is 2.74. The van der Waals surface area contributed by atoms with Crippen molar-refractivity contribution in [2.45, 2.75) is 40.7 Å². The van der Waals surface area contributed by atoms with Gasteiger partial charge in [-0.2, -0.15) is 5.10 Å². The number of hydrogen-bond acceptors (Lipinski definition) is 5. The molecule has 0 unspecified atom stereocenters. The van der Waals surface area contributed by atoms with E-state index in [1.807, 2.05) is 18.5 Å². The predicted octanol–water partition coefficient (Wildman–Crippen LogP) is 2.76. The summed E-state index contributed by atoms with van der Waals surface area (Å²) in [5.74, 6) is -0.341. The van der Waals surface area contributed by atoms with Gasteiger partial charge in [-0.25, -0.2) is 14.5 Å². The van der Waals surface area contributed by atoms with Crippen LogP contribution in [-0.4, -0.2) is 33.9 Å². The van der Waals surface area contributed by atoms with Gasteiger partial charge in [-0.3, -0.25) is 0 Å². The molecule has 6 nitrogen and oxygen atoms in total. The van der Waals surface area contributed by atoms with E-state index in [1.165, 1.54) is 0 Å². The van der Waals surface area contributed by atoms with Gasteiger partial charge < -0.3 is 10.1 Å². The number of anilines is 1. The molecule has 0 fully saturated rings. The van der Waals surface area contributed by atoms with Crippen LogP contribution in [0, 0.1) is 6.92 Å². The molecule has 0 saturated heterocycles. The van der Waals surface area contributed by atoms with Gasteiger partial charge in [0.05, 0.1) is 29.6 Å². The highest BCUT2D eigenvalue weighted by atomic mass is 16.5. The molecular weight excluding hydrogens is 268 g/mol. The first kappa shape index (κ1) is 15.3. The molecule has 6 heteroatoms. The lowest BCUT2D eigenvalue weighted by atomic mass is 10.1. The van der Waals surface area contributed by atoms with Crippen molar-refractivity contribution in [3.63, 3.8) is 0 Å². The van der Waals surface area contributed by atoms with Gasteiger partial charge in [0.2, 0.25) is 0 Å². The van der Waals surface area contributed by atoms with Crippen molar-refractivity contribution in [1.29, 1.82) is 0 Å². The molecule has 0 amide bonds. The standard InChI is InChI=1S/C15H22N4O2/c1-5-8-16-13-11-9-17-19(6-2)14(11)18-10(4)12(13)15(20)21-7-3/h9H,5-8H2,1-4H3,(H,16,18). The Morgan fingerprint density at radius 2 is 2.14 bits per heavy atom. The lowest BCUT2D eigenvalue weighted by Crippen LogP contribution is -2.14. The first-order chi connectivity index (χ1) is 10.1. The highest BCUT2D eigenvalue weighted by Crippen LogP contribution is 2.29. The second kappa shape index (κ2) is 6.56. The molecule has 2 aromatic rings. The Bertz CT molecular complexity index is 649. The van der Waals surface area contributed by atoms with Crippen LogP contribution in [0.2, 0.25) is 0 Å². The Balaban J connectivity index is 2.65. The molecule has 0 aromatic carbocycles. The van der Waals surface area contributed by atoms with E-state index in [4.69, 9.17) is 4.74 Å². The van der Waals surface area contributed by atoms with E-state index in [1.54, 1.807) is 13.1 Å². The lowest BCUT2D eigenvalue weighted by Gasteiger charge is -2.14. The van der Waals surface area contributed by atoms with Crippen molar-refractivity contribution in [2.24, 2.45) is 0 Å². The van der Waals surface area contributed by atoms with E-state index in [9.17, 15) is 4.79 Å². The topological polar surface area (TPSA) is 69.0 Å². The zero-order chi connectivity index (χ0) is 15.4. The number of ether oxygens (including phenoxy) is 1. The Kier molecular flexibility index (Phi) is 4.77. The zero-order valence-corrected chi connectivity index (χ0v) is 13.1. The summed E-state index contributed by atoms with van der Waals surface area (Å²) in [5, 5.41) is 8.52. The first-order valence-corrected chi connectivity index (χ1v) is 7.41. The minimum absolute atomic E-state index is 0.341. The number of carbonyl (C=O) groups is 1. The van der Waals surface area contributed by atoms with E-state index in [0.29, 0.717) is 17.9 Å². The number of carbonyl (C=O) groups excluding carboxylic acids is 1. The van der Waals surface area contributed by atoms with Gasteiger partial charge in [0.25, 0.3) is 0 Å². The van der Waals surface area contributed by atoms with Crippen LogP contribution < -0.4 is 5.32 Å². The van der Waals surface area contributed by atoms with Crippen molar-refractivity contribution in [2.75, 3.05) is 18.5 Å². The molecule has 2 aromatic heterocycles. The van der Waals surface area contributed by atoms with Crippen molar-refractivity contribution >= 4 is 22.7 Å². The number of pyridine rings is 1. The summed E-state index contributed by atoms with van der Waals surface area (Å²) in [4.78, 5) is 16.8. The highest BCUT2D eigenvalue weighted by molar-refractivity contribution is 6.05. The Morgan fingerprint density at radius 3 is 2.76 bits per heavy atom. The molecular formula is C15H22N4O2. The fourth-order valence-electron chi connectivity index (χ4n) is 2.32. The molecule has 114 valence electrons. The number of aryl methyl sites for hydroxylation is 2. The zero-order valence-electron chi connectivity index (χ0n) is 13.1. The number of fused-ring (bicyclic) bond motifs is 1. The molecule has 0 aliphatic carbocycles. The molecule has 0 spiro atoms. The first-order valence-electron chi connectivity index (χ1n) is 7.41. The number of esters is 1. The van der Waals surface area contributed by atoms with E-state index in [-0.39, 0.29) is 5.97 Å². The molecule has 0 bridgehead atoms. The second-order valence-electron chi connectivity index (χ2n) is 4.79. The van der Waals surface area contributed by atoms with Gasteiger partial charge in [0.1, 0.15) is 5.56 Å². The van der Waals surface area contributed by atoms with Gasteiger partial charge in [-0.05, 0) is 27.2 Å². The van der Waals surface area contributed by atoms with Crippen LogP contribution in [0.5, 0.6) is 0 Å². The summed E-state index contributed by atoms with van der Waals surface area (Å²) in [7, 11) is 0. The van der Waals surface area contributed by atoms with Crippen LogP contribution in [0.4, 0.5) is 5.69 Å². The normalized spacial score (nSPS) is 10.9. The number of rotatable bonds is 6. The number of aromatic nitrogens is 3.